The van der Waals surface area contributed by atoms with Gasteiger partial charge in [0.2, 0.25) is 0 Å². The molecule has 1 aliphatic rings. The molecule has 7 heteroatoms. The number of halogens is 4. The molecule has 3 nitrogen and oxygen atoms in total. The van der Waals surface area contributed by atoms with Crippen molar-refractivity contribution in [2.75, 3.05) is 0 Å². The van der Waals surface area contributed by atoms with E-state index < -0.39 is 5.82 Å². The summed E-state index contributed by atoms with van der Waals surface area (Å²) in [5, 5.41) is 5.19. The number of hydrogen-bond donors (Lipinski definition) is 0. The third kappa shape index (κ3) is 3.08. The molecule has 0 bridgehead atoms. The van der Waals surface area contributed by atoms with Crippen LogP contribution in [0, 0.1) is 5.82 Å². The molecular weight excluding hydrogens is 441 g/mol. The molecule has 0 saturated heterocycles. The van der Waals surface area contributed by atoms with Crippen LogP contribution >= 0.6 is 45.8 Å². The van der Waals surface area contributed by atoms with Gasteiger partial charge < -0.3 is 4.74 Å². The minimum atomic E-state index is -0.472. The van der Waals surface area contributed by atoms with Crippen molar-refractivity contribution in [2.24, 2.45) is 0 Å². The van der Waals surface area contributed by atoms with Crippen molar-refractivity contribution < 1.29 is 9.13 Å². The van der Waals surface area contributed by atoms with E-state index in [0.717, 1.165) is 36.9 Å². The molecule has 1 heterocycles. The van der Waals surface area contributed by atoms with Crippen molar-refractivity contribution in [1.82, 2.24) is 9.78 Å². The van der Waals surface area contributed by atoms with Crippen molar-refractivity contribution >= 4 is 45.8 Å². The molecular formula is C15H14Cl2FIN2O. The molecule has 1 unspecified atom stereocenters. The highest BCUT2D eigenvalue weighted by atomic mass is 127. The van der Waals surface area contributed by atoms with Gasteiger partial charge in [-0.15, -0.1) is 0 Å². The number of nitrogens with zero attached hydrogens (tertiary/aromatic N) is 2. The Bertz CT molecular complexity index is 718. The fraction of sp³-hybridized carbons (Fsp3) is 0.400. The van der Waals surface area contributed by atoms with Gasteiger partial charge in [-0.1, -0.05) is 23.2 Å². The minimum absolute atomic E-state index is 0.0882. The molecule has 0 spiro atoms. The van der Waals surface area contributed by atoms with Crippen molar-refractivity contribution in [1.29, 1.82) is 0 Å². The van der Waals surface area contributed by atoms with E-state index in [1.165, 1.54) is 10.7 Å². The van der Waals surface area contributed by atoms with Gasteiger partial charge in [0.25, 0.3) is 0 Å². The standard InChI is InChI=1S/C15H14Cl2FIN2O/c1-8(19)22-14-7-13(11(18)6-10(14)16)21-15(17)9-4-2-3-5-12(9)20-21/h6-8H,2-5H2,1H3. The van der Waals surface area contributed by atoms with E-state index in [2.05, 4.69) is 27.7 Å². The predicted molar refractivity (Wildman–Crippen MR) is 94.3 cm³/mol. The van der Waals surface area contributed by atoms with Gasteiger partial charge in [-0.05, 0) is 61.3 Å². The summed E-state index contributed by atoms with van der Waals surface area (Å²) in [4.78, 5) is 0. The van der Waals surface area contributed by atoms with Gasteiger partial charge in [-0.25, -0.2) is 9.07 Å². The van der Waals surface area contributed by atoms with Crippen LogP contribution in [0.3, 0.4) is 0 Å². The van der Waals surface area contributed by atoms with E-state index in [-0.39, 0.29) is 14.8 Å². The first-order chi connectivity index (χ1) is 10.5. The Morgan fingerprint density at radius 1 is 1.32 bits per heavy atom. The predicted octanol–water partition coefficient (Wildman–Crippen LogP) is 5.36. The number of benzene rings is 1. The van der Waals surface area contributed by atoms with Crippen LogP contribution in [0.4, 0.5) is 4.39 Å². The normalized spacial score (nSPS) is 15.5. The van der Waals surface area contributed by atoms with Crippen LogP contribution in [0.2, 0.25) is 10.2 Å². The molecule has 1 aromatic heterocycles. The lowest BCUT2D eigenvalue weighted by Crippen LogP contribution is -2.06. The van der Waals surface area contributed by atoms with Crippen LogP contribution in [0.15, 0.2) is 12.1 Å². The summed E-state index contributed by atoms with van der Waals surface area (Å²) in [5.41, 5.74) is 2.23. The van der Waals surface area contributed by atoms with Crippen LogP contribution in [-0.2, 0) is 12.8 Å². The summed E-state index contributed by atoms with van der Waals surface area (Å²) in [6, 6.07) is 2.79. The number of fused-ring (bicyclic) bond motifs is 1. The summed E-state index contributed by atoms with van der Waals surface area (Å²) in [5.74, 6) is -0.0512. The summed E-state index contributed by atoms with van der Waals surface area (Å²) >= 11 is 14.6. The van der Waals surface area contributed by atoms with Gasteiger partial charge in [-0.3, -0.25) is 0 Å². The molecule has 1 atom stereocenters. The fourth-order valence-corrected chi connectivity index (χ4v) is 3.42. The van der Waals surface area contributed by atoms with Crippen molar-refractivity contribution in [3.05, 3.63) is 39.4 Å². The van der Waals surface area contributed by atoms with Crippen LogP contribution < -0.4 is 4.74 Å². The lowest BCUT2D eigenvalue weighted by atomic mass is 9.99. The summed E-state index contributed by atoms with van der Waals surface area (Å²) < 4.78 is 21.3. The monoisotopic (exact) mass is 454 g/mol. The Kier molecular flexibility index (Phi) is 4.85. The number of aryl methyl sites for hydroxylation is 1. The Labute approximate surface area is 151 Å². The van der Waals surface area contributed by atoms with Crippen LogP contribution in [-0.4, -0.2) is 13.9 Å². The second-order valence-corrected chi connectivity index (χ2v) is 7.75. The van der Waals surface area contributed by atoms with Gasteiger partial charge in [0.05, 0.1) is 10.7 Å². The summed E-state index contributed by atoms with van der Waals surface area (Å²) in [6.07, 6.45) is 3.94. The van der Waals surface area contributed by atoms with Gasteiger partial charge in [0.1, 0.15) is 20.7 Å². The first kappa shape index (κ1) is 16.3. The molecule has 0 amide bonds. The fourth-order valence-electron chi connectivity index (χ4n) is 2.62. The zero-order valence-corrected chi connectivity index (χ0v) is 15.5. The van der Waals surface area contributed by atoms with E-state index in [4.69, 9.17) is 27.9 Å². The number of rotatable bonds is 3. The molecule has 0 saturated carbocycles. The second-order valence-electron chi connectivity index (χ2n) is 5.23. The third-order valence-corrected chi connectivity index (χ3v) is 4.55. The van der Waals surface area contributed by atoms with Gasteiger partial charge >= 0.3 is 0 Å². The Hall–Kier alpha value is -0.530. The van der Waals surface area contributed by atoms with E-state index in [1.54, 1.807) is 6.07 Å². The van der Waals surface area contributed by atoms with E-state index in [0.29, 0.717) is 10.9 Å². The maximum absolute atomic E-state index is 14.3. The van der Waals surface area contributed by atoms with Crippen molar-refractivity contribution in [3.63, 3.8) is 0 Å². The second kappa shape index (κ2) is 6.53. The first-order valence-corrected chi connectivity index (χ1v) is 9.04. The molecule has 1 aliphatic carbocycles. The van der Waals surface area contributed by atoms with Crippen LogP contribution in [0.5, 0.6) is 5.75 Å². The van der Waals surface area contributed by atoms with Crippen LogP contribution in [0.1, 0.15) is 31.0 Å². The molecule has 0 aliphatic heterocycles. The highest BCUT2D eigenvalue weighted by Crippen LogP contribution is 2.35. The highest BCUT2D eigenvalue weighted by Gasteiger charge is 2.22. The van der Waals surface area contributed by atoms with Crippen molar-refractivity contribution in [2.45, 2.75) is 36.7 Å². The number of hydrogen-bond acceptors (Lipinski definition) is 2. The Balaban J connectivity index is 2.10. The zero-order chi connectivity index (χ0) is 15.9. The SMILES string of the molecule is CC(I)Oc1cc(-n2nc3c(c2Cl)CCCC3)c(F)cc1Cl. The summed E-state index contributed by atoms with van der Waals surface area (Å²) in [6.45, 7) is 1.87. The van der Waals surface area contributed by atoms with Crippen molar-refractivity contribution in [3.8, 4) is 11.4 Å². The number of alkyl halides is 1. The molecule has 0 fully saturated rings. The average Bonchev–Trinajstić information content (AvgIpc) is 2.79. The smallest absolute Gasteiger partial charge is 0.150 e. The average molecular weight is 455 g/mol. The maximum atomic E-state index is 14.3. The Morgan fingerprint density at radius 2 is 2.05 bits per heavy atom. The molecule has 0 N–H and O–H groups in total. The number of aromatic nitrogens is 2. The first-order valence-electron chi connectivity index (χ1n) is 7.03. The number of ether oxygens (including phenoxy) is 1. The van der Waals surface area contributed by atoms with E-state index >= 15 is 0 Å². The van der Waals surface area contributed by atoms with E-state index in [1.807, 2.05) is 6.92 Å². The summed E-state index contributed by atoms with van der Waals surface area (Å²) in [7, 11) is 0. The van der Waals surface area contributed by atoms with Gasteiger partial charge in [-0.2, -0.15) is 5.10 Å². The molecule has 1 aromatic carbocycles. The minimum Gasteiger partial charge on any atom is -0.479 e. The third-order valence-electron chi connectivity index (χ3n) is 3.61. The highest BCUT2D eigenvalue weighted by molar-refractivity contribution is 14.1. The molecule has 22 heavy (non-hydrogen) atoms. The Morgan fingerprint density at radius 3 is 2.73 bits per heavy atom. The topological polar surface area (TPSA) is 27.1 Å². The molecule has 2 aromatic rings. The maximum Gasteiger partial charge on any atom is 0.150 e. The van der Waals surface area contributed by atoms with Crippen LogP contribution in [0.25, 0.3) is 5.69 Å². The van der Waals surface area contributed by atoms with Gasteiger partial charge in [0.15, 0.2) is 5.82 Å². The largest absolute Gasteiger partial charge is 0.479 e. The van der Waals surface area contributed by atoms with E-state index in [9.17, 15) is 4.39 Å². The molecule has 118 valence electrons. The molecule has 0 radical (unpaired) electrons. The van der Waals surface area contributed by atoms with Gasteiger partial charge in [0, 0.05) is 11.6 Å². The molecule has 3 rings (SSSR count). The lowest BCUT2D eigenvalue weighted by molar-refractivity contribution is 0.322. The zero-order valence-electron chi connectivity index (χ0n) is 11.9. The lowest BCUT2D eigenvalue weighted by Gasteiger charge is -2.13. The quantitative estimate of drug-likeness (QED) is 0.461.